The van der Waals surface area contributed by atoms with Crippen molar-refractivity contribution in [1.29, 1.82) is 0 Å². The maximum absolute atomic E-state index is 14.8. The van der Waals surface area contributed by atoms with Crippen LogP contribution in [0.15, 0.2) is 24.3 Å². The van der Waals surface area contributed by atoms with Gasteiger partial charge in [0, 0.05) is 11.1 Å². The third kappa shape index (κ3) is 4.59. The second-order valence-electron chi connectivity index (χ2n) is 7.92. The normalized spacial score (nSPS) is 19.4. The highest BCUT2D eigenvalue weighted by Crippen LogP contribution is 2.40. The lowest BCUT2D eigenvalue weighted by molar-refractivity contribution is 0.295. The molecule has 0 N–H and O–H groups in total. The van der Waals surface area contributed by atoms with Crippen LogP contribution in [0.25, 0.3) is 11.1 Å². The number of hydrogen-bond donors (Lipinski definition) is 0. The van der Waals surface area contributed by atoms with Crippen LogP contribution >= 0.6 is 0 Å². The van der Waals surface area contributed by atoms with Crippen molar-refractivity contribution in [3.8, 4) is 16.9 Å². The van der Waals surface area contributed by atoms with Gasteiger partial charge in [-0.15, -0.1) is 0 Å². The largest absolute Gasteiger partial charge is 0.490 e. The second kappa shape index (κ2) is 9.64. The van der Waals surface area contributed by atoms with Gasteiger partial charge in [-0.25, -0.2) is 13.2 Å². The zero-order chi connectivity index (χ0) is 21.0. The molecular weight excluding hydrogens is 380 g/mol. The van der Waals surface area contributed by atoms with Crippen LogP contribution in [0.3, 0.4) is 0 Å². The molecule has 0 unspecified atom stereocenters. The van der Waals surface area contributed by atoms with Gasteiger partial charge in [-0.2, -0.15) is 4.39 Å². The van der Waals surface area contributed by atoms with E-state index in [-0.39, 0.29) is 29.4 Å². The highest BCUT2D eigenvalue weighted by Gasteiger charge is 2.27. The minimum Gasteiger partial charge on any atom is -0.490 e. The maximum Gasteiger partial charge on any atom is 0.201 e. The van der Waals surface area contributed by atoms with Gasteiger partial charge < -0.3 is 4.74 Å². The molecule has 0 saturated heterocycles. The van der Waals surface area contributed by atoms with Gasteiger partial charge in [0.1, 0.15) is 0 Å². The van der Waals surface area contributed by atoms with Gasteiger partial charge in [0.25, 0.3) is 0 Å². The van der Waals surface area contributed by atoms with Crippen molar-refractivity contribution in [2.45, 2.75) is 64.7 Å². The third-order valence-electron chi connectivity index (χ3n) is 5.89. The Kier molecular flexibility index (Phi) is 7.20. The molecule has 2 aromatic carbocycles. The van der Waals surface area contributed by atoms with Crippen molar-refractivity contribution in [3.05, 3.63) is 53.1 Å². The molecule has 0 heterocycles. The molecule has 158 valence electrons. The molecule has 1 nitrogen and oxygen atoms in total. The first-order valence-corrected chi connectivity index (χ1v) is 10.6. The molecular formula is C24H28F4O. The third-order valence-corrected chi connectivity index (χ3v) is 5.89. The van der Waals surface area contributed by atoms with Crippen LogP contribution in [0.5, 0.6) is 5.75 Å². The molecule has 1 aliphatic carbocycles. The Bertz CT molecular complexity index is 841. The summed E-state index contributed by atoms with van der Waals surface area (Å²) >= 11 is 0. The maximum atomic E-state index is 14.8. The van der Waals surface area contributed by atoms with Gasteiger partial charge >= 0.3 is 0 Å². The standard InChI is InChI=1S/C24H28F4O/c1-3-5-15-6-8-16(9-7-15)17-10-11-18(22(26)21(17)25)19-12-13-20(29-14-4-2)24(28)23(19)27/h10-13,15-16H,3-9,14H2,1-2H3. The zero-order valence-electron chi connectivity index (χ0n) is 17.0. The minimum atomic E-state index is -1.23. The summed E-state index contributed by atoms with van der Waals surface area (Å²) in [6.07, 6.45) is 6.63. The molecule has 3 rings (SSSR count). The molecule has 2 aromatic rings. The van der Waals surface area contributed by atoms with Gasteiger partial charge in [0.15, 0.2) is 23.2 Å². The van der Waals surface area contributed by atoms with E-state index in [0.717, 1.165) is 32.1 Å². The Morgan fingerprint density at radius 1 is 0.759 bits per heavy atom. The van der Waals surface area contributed by atoms with Crippen molar-refractivity contribution in [3.63, 3.8) is 0 Å². The van der Waals surface area contributed by atoms with Crippen LogP contribution in [0, 0.1) is 29.2 Å². The summed E-state index contributed by atoms with van der Waals surface area (Å²) in [5.41, 5.74) is -0.240. The van der Waals surface area contributed by atoms with Crippen molar-refractivity contribution >= 4 is 0 Å². The molecule has 0 aromatic heterocycles. The lowest BCUT2D eigenvalue weighted by Gasteiger charge is -2.29. The Morgan fingerprint density at radius 2 is 1.38 bits per heavy atom. The van der Waals surface area contributed by atoms with Crippen LogP contribution < -0.4 is 4.74 Å². The molecule has 1 fully saturated rings. The van der Waals surface area contributed by atoms with E-state index >= 15 is 0 Å². The SMILES string of the molecule is CCCOc1ccc(-c2ccc(C3CCC(CCC)CC3)c(F)c2F)c(F)c1F. The van der Waals surface area contributed by atoms with Crippen LogP contribution in [0.4, 0.5) is 17.6 Å². The molecule has 1 aliphatic rings. The van der Waals surface area contributed by atoms with Crippen LogP contribution in [0.1, 0.15) is 70.3 Å². The molecule has 0 radical (unpaired) electrons. The quantitative estimate of drug-likeness (QED) is 0.425. The number of rotatable bonds is 7. The van der Waals surface area contributed by atoms with E-state index in [0.29, 0.717) is 17.9 Å². The molecule has 0 aliphatic heterocycles. The Labute approximate surface area is 170 Å². The Balaban J connectivity index is 1.86. The fraction of sp³-hybridized carbons (Fsp3) is 0.500. The van der Waals surface area contributed by atoms with Gasteiger partial charge in [-0.1, -0.05) is 38.8 Å². The van der Waals surface area contributed by atoms with E-state index in [1.54, 1.807) is 0 Å². The van der Waals surface area contributed by atoms with Gasteiger partial charge in [-0.3, -0.25) is 0 Å². The molecule has 5 heteroatoms. The highest BCUT2D eigenvalue weighted by atomic mass is 19.2. The molecule has 0 bridgehead atoms. The monoisotopic (exact) mass is 408 g/mol. The zero-order valence-corrected chi connectivity index (χ0v) is 17.0. The summed E-state index contributed by atoms with van der Waals surface area (Å²) in [5, 5.41) is 0. The van der Waals surface area contributed by atoms with Gasteiger partial charge in [-0.05, 0) is 61.6 Å². The average Bonchev–Trinajstić information content (AvgIpc) is 2.73. The van der Waals surface area contributed by atoms with E-state index in [1.165, 1.54) is 30.7 Å². The lowest BCUT2D eigenvalue weighted by Crippen LogP contribution is -2.15. The van der Waals surface area contributed by atoms with Crippen LogP contribution in [-0.4, -0.2) is 6.61 Å². The van der Waals surface area contributed by atoms with Crippen molar-refractivity contribution in [1.82, 2.24) is 0 Å². The summed E-state index contributed by atoms with van der Waals surface area (Å²) in [6.45, 7) is 4.25. The topological polar surface area (TPSA) is 9.23 Å². The predicted molar refractivity (Wildman–Crippen MR) is 107 cm³/mol. The Hall–Kier alpha value is -2.04. The molecule has 0 amide bonds. The van der Waals surface area contributed by atoms with Gasteiger partial charge in [0.2, 0.25) is 5.82 Å². The molecule has 0 atom stereocenters. The van der Waals surface area contributed by atoms with E-state index < -0.39 is 23.3 Å². The number of hydrogen-bond acceptors (Lipinski definition) is 1. The smallest absolute Gasteiger partial charge is 0.201 e. The van der Waals surface area contributed by atoms with E-state index in [4.69, 9.17) is 4.74 Å². The van der Waals surface area contributed by atoms with Crippen molar-refractivity contribution < 1.29 is 22.3 Å². The summed E-state index contributed by atoms with van der Waals surface area (Å²) in [7, 11) is 0. The van der Waals surface area contributed by atoms with E-state index in [2.05, 4.69) is 6.92 Å². The first-order valence-electron chi connectivity index (χ1n) is 10.6. The van der Waals surface area contributed by atoms with Crippen molar-refractivity contribution in [2.24, 2.45) is 5.92 Å². The number of halogens is 4. The van der Waals surface area contributed by atoms with E-state index in [1.807, 2.05) is 6.92 Å². The fourth-order valence-corrected chi connectivity index (χ4v) is 4.32. The minimum absolute atomic E-state index is 0.0296. The fourth-order valence-electron chi connectivity index (χ4n) is 4.32. The predicted octanol–water partition coefficient (Wildman–Crippen LogP) is 7.77. The van der Waals surface area contributed by atoms with E-state index in [9.17, 15) is 17.6 Å². The summed E-state index contributed by atoms with van der Waals surface area (Å²) < 4.78 is 63.6. The summed E-state index contributed by atoms with van der Waals surface area (Å²) in [5.74, 6) is -4.09. The first kappa shape index (κ1) is 21.7. The molecule has 1 saturated carbocycles. The van der Waals surface area contributed by atoms with Crippen molar-refractivity contribution in [2.75, 3.05) is 6.61 Å². The first-order chi connectivity index (χ1) is 14.0. The summed E-state index contributed by atoms with van der Waals surface area (Å²) in [4.78, 5) is 0. The molecule has 29 heavy (non-hydrogen) atoms. The number of benzene rings is 2. The number of ether oxygens (including phenoxy) is 1. The second-order valence-corrected chi connectivity index (χ2v) is 7.92. The van der Waals surface area contributed by atoms with Crippen LogP contribution in [0.2, 0.25) is 0 Å². The lowest BCUT2D eigenvalue weighted by atomic mass is 9.77. The summed E-state index contributed by atoms with van der Waals surface area (Å²) in [6, 6.07) is 5.37. The Morgan fingerprint density at radius 3 is 2.00 bits per heavy atom. The molecule has 0 spiro atoms. The highest BCUT2D eigenvalue weighted by molar-refractivity contribution is 5.66. The van der Waals surface area contributed by atoms with Gasteiger partial charge in [0.05, 0.1) is 6.61 Å². The van der Waals surface area contributed by atoms with Crippen LogP contribution in [-0.2, 0) is 0 Å². The average molecular weight is 408 g/mol.